The SMILES string of the molecule is COc1ccc(Cl)cc1C(O)C1CCCCC1C(F)(F)F. The van der Waals surface area contributed by atoms with Crippen LogP contribution in [0.15, 0.2) is 18.2 Å². The van der Waals surface area contributed by atoms with Gasteiger partial charge in [-0.1, -0.05) is 24.4 Å². The summed E-state index contributed by atoms with van der Waals surface area (Å²) < 4.78 is 44.6. The number of benzene rings is 1. The van der Waals surface area contributed by atoms with Crippen molar-refractivity contribution >= 4 is 11.6 Å². The fraction of sp³-hybridized carbons (Fsp3) is 0.600. The molecule has 118 valence electrons. The smallest absolute Gasteiger partial charge is 0.392 e. The van der Waals surface area contributed by atoms with Crippen molar-refractivity contribution in [2.45, 2.75) is 38.0 Å². The summed E-state index contributed by atoms with van der Waals surface area (Å²) in [6.07, 6.45) is -3.88. The van der Waals surface area contributed by atoms with E-state index in [1.54, 1.807) is 12.1 Å². The highest BCUT2D eigenvalue weighted by molar-refractivity contribution is 6.30. The highest BCUT2D eigenvalue weighted by Gasteiger charge is 2.48. The summed E-state index contributed by atoms with van der Waals surface area (Å²) in [6.45, 7) is 0. The summed E-state index contributed by atoms with van der Waals surface area (Å²) >= 11 is 5.89. The summed E-state index contributed by atoms with van der Waals surface area (Å²) in [5.74, 6) is -1.98. The van der Waals surface area contributed by atoms with Gasteiger partial charge in [-0.15, -0.1) is 0 Å². The van der Waals surface area contributed by atoms with Crippen LogP contribution in [0.5, 0.6) is 5.75 Å². The van der Waals surface area contributed by atoms with E-state index in [0.29, 0.717) is 35.6 Å². The number of aliphatic hydroxyl groups excluding tert-OH is 1. The lowest BCUT2D eigenvalue weighted by Crippen LogP contribution is -2.36. The minimum absolute atomic E-state index is 0.0636. The second-order valence-corrected chi connectivity index (χ2v) is 5.86. The molecule has 1 saturated carbocycles. The Bertz CT molecular complexity index is 490. The summed E-state index contributed by atoms with van der Waals surface area (Å²) in [6, 6.07) is 4.62. The van der Waals surface area contributed by atoms with Crippen LogP contribution < -0.4 is 4.74 Å². The van der Waals surface area contributed by atoms with E-state index >= 15 is 0 Å². The molecule has 1 aromatic rings. The third kappa shape index (κ3) is 3.64. The lowest BCUT2D eigenvalue weighted by molar-refractivity contribution is -0.207. The fourth-order valence-electron chi connectivity index (χ4n) is 3.11. The Labute approximate surface area is 126 Å². The number of hydrogen-bond acceptors (Lipinski definition) is 2. The zero-order valence-corrected chi connectivity index (χ0v) is 12.4. The Balaban J connectivity index is 2.33. The lowest BCUT2D eigenvalue weighted by atomic mass is 9.74. The molecule has 0 bridgehead atoms. The van der Waals surface area contributed by atoms with Crippen LogP contribution in [0, 0.1) is 11.8 Å². The number of alkyl halides is 3. The Hall–Kier alpha value is -0.940. The van der Waals surface area contributed by atoms with E-state index in [9.17, 15) is 18.3 Å². The molecule has 0 heterocycles. The van der Waals surface area contributed by atoms with E-state index in [0.717, 1.165) is 0 Å². The van der Waals surface area contributed by atoms with Crippen LogP contribution >= 0.6 is 11.6 Å². The van der Waals surface area contributed by atoms with Gasteiger partial charge in [-0.25, -0.2) is 0 Å². The third-order valence-corrected chi connectivity index (χ3v) is 4.39. The van der Waals surface area contributed by atoms with E-state index in [1.807, 2.05) is 0 Å². The van der Waals surface area contributed by atoms with Gasteiger partial charge in [0.05, 0.1) is 19.1 Å². The van der Waals surface area contributed by atoms with Gasteiger partial charge < -0.3 is 9.84 Å². The molecule has 2 nitrogen and oxygen atoms in total. The maximum absolute atomic E-state index is 13.2. The topological polar surface area (TPSA) is 29.5 Å². The number of methoxy groups -OCH3 is 1. The first-order valence-electron chi connectivity index (χ1n) is 6.93. The standard InChI is InChI=1S/C15H18ClF3O2/c1-21-13-7-6-9(16)8-11(13)14(20)10-4-2-3-5-12(10)15(17,18)19/h6-8,10,12,14,20H,2-5H2,1H3. The molecule has 0 aliphatic heterocycles. The molecule has 6 heteroatoms. The van der Waals surface area contributed by atoms with Gasteiger partial charge in [0.25, 0.3) is 0 Å². The summed E-state index contributed by atoms with van der Waals surface area (Å²) in [7, 11) is 1.42. The van der Waals surface area contributed by atoms with Gasteiger partial charge in [-0.05, 0) is 31.0 Å². The van der Waals surface area contributed by atoms with E-state index in [1.165, 1.54) is 13.2 Å². The summed E-state index contributed by atoms with van der Waals surface area (Å²) in [5, 5.41) is 10.8. The molecule has 1 fully saturated rings. The van der Waals surface area contributed by atoms with Crippen LogP contribution in [0.2, 0.25) is 5.02 Å². The van der Waals surface area contributed by atoms with Crippen molar-refractivity contribution in [3.8, 4) is 5.75 Å². The Kier molecular flexibility index (Phi) is 5.04. The van der Waals surface area contributed by atoms with Crippen molar-refractivity contribution in [1.29, 1.82) is 0 Å². The van der Waals surface area contributed by atoms with E-state index in [4.69, 9.17) is 16.3 Å². The first-order valence-corrected chi connectivity index (χ1v) is 7.30. The monoisotopic (exact) mass is 322 g/mol. The van der Waals surface area contributed by atoms with Crippen LogP contribution in [0.3, 0.4) is 0 Å². The average molecular weight is 323 g/mol. The fourth-order valence-corrected chi connectivity index (χ4v) is 3.29. The number of ether oxygens (including phenoxy) is 1. The van der Waals surface area contributed by atoms with Crippen molar-refractivity contribution in [1.82, 2.24) is 0 Å². The predicted octanol–water partition coefficient (Wildman–Crippen LogP) is 4.75. The van der Waals surface area contributed by atoms with Crippen LogP contribution in [-0.4, -0.2) is 18.4 Å². The molecule has 1 aliphatic carbocycles. The Morgan fingerprint density at radius 1 is 1.29 bits per heavy atom. The van der Waals surface area contributed by atoms with Gasteiger partial charge in [0.15, 0.2) is 0 Å². The molecular formula is C15H18ClF3O2. The highest BCUT2D eigenvalue weighted by Crippen LogP contribution is 2.47. The molecule has 0 aromatic heterocycles. The minimum atomic E-state index is -4.29. The van der Waals surface area contributed by atoms with Crippen LogP contribution in [0.1, 0.15) is 37.4 Å². The first-order chi connectivity index (χ1) is 9.84. The molecule has 0 amide bonds. The van der Waals surface area contributed by atoms with E-state index in [-0.39, 0.29) is 6.42 Å². The quantitative estimate of drug-likeness (QED) is 0.870. The average Bonchev–Trinajstić information content (AvgIpc) is 2.45. The highest BCUT2D eigenvalue weighted by atomic mass is 35.5. The molecule has 1 N–H and O–H groups in total. The molecule has 0 radical (unpaired) electrons. The Morgan fingerprint density at radius 3 is 2.57 bits per heavy atom. The molecule has 0 saturated heterocycles. The second-order valence-electron chi connectivity index (χ2n) is 5.43. The van der Waals surface area contributed by atoms with Crippen molar-refractivity contribution in [2.24, 2.45) is 11.8 Å². The molecule has 1 aromatic carbocycles. The van der Waals surface area contributed by atoms with Gasteiger partial charge in [0.2, 0.25) is 0 Å². The maximum atomic E-state index is 13.2. The summed E-state index contributed by atoms with van der Waals surface area (Å²) in [4.78, 5) is 0. The molecule has 3 atom stereocenters. The van der Waals surface area contributed by atoms with Crippen molar-refractivity contribution < 1.29 is 23.0 Å². The molecule has 2 rings (SSSR count). The van der Waals surface area contributed by atoms with E-state index in [2.05, 4.69) is 0 Å². The van der Waals surface area contributed by atoms with Crippen molar-refractivity contribution in [3.63, 3.8) is 0 Å². The number of hydrogen-bond donors (Lipinski definition) is 1. The third-order valence-electron chi connectivity index (χ3n) is 4.16. The van der Waals surface area contributed by atoms with Crippen LogP contribution in [0.4, 0.5) is 13.2 Å². The second kappa shape index (κ2) is 6.44. The lowest BCUT2D eigenvalue weighted by Gasteiger charge is -2.36. The van der Waals surface area contributed by atoms with Gasteiger partial charge in [-0.3, -0.25) is 0 Å². The van der Waals surface area contributed by atoms with Gasteiger partial charge in [0, 0.05) is 16.5 Å². The normalized spacial score (nSPS) is 24.7. The zero-order chi connectivity index (χ0) is 15.6. The largest absolute Gasteiger partial charge is 0.496 e. The number of aliphatic hydroxyl groups is 1. The molecule has 0 spiro atoms. The van der Waals surface area contributed by atoms with Crippen LogP contribution in [-0.2, 0) is 0 Å². The predicted molar refractivity (Wildman–Crippen MR) is 74.5 cm³/mol. The Morgan fingerprint density at radius 2 is 1.95 bits per heavy atom. The number of rotatable bonds is 3. The minimum Gasteiger partial charge on any atom is -0.496 e. The molecule has 3 unspecified atom stereocenters. The number of halogens is 4. The first kappa shape index (κ1) is 16.4. The van der Waals surface area contributed by atoms with Crippen molar-refractivity contribution in [3.05, 3.63) is 28.8 Å². The maximum Gasteiger partial charge on any atom is 0.392 e. The molecular weight excluding hydrogens is 305 g/mol. The van der Waals surface area contributed by atoms with E-state index < -0.39 is 24.1 Å². The van der Waals surface area contributed by atoms with Gasteiger partial charge in [0.1, 0.15) is 5.75 Å². The van der Waals surface area contributed by atoms with Crippen molar-refractivity contribution in [2.75, 3.05) is 7.11 Å². The zero-order valence-electron chi connectivity index (χ0n) is 11.7. The molecule has 21 heavy (non-hydrogen) atoms. The van der Waals surface area contributed by atoms with Crippen LogP contribution in [0.25, 0.3) is 0 Å². The molecule has 1 aliphatic rings. The summed E-state index contributed by atoms with van der Waals surface area (Å²) in [5.41, 5.74) is 0.325. The van der Waals surface area contributed by atoms with Gasteiger partial charge in [-0.2, -0.15) is 13.2 Å². The van der Waals surface area contributed by atoms with Gasteiger partial charge >= 0.3 is 6.18 Å².